The molecule has 82 valence electrons. The summed E-state index contributed by atoms with van der Waals surface area (Å²) in [6.45, 7) is 9.22. The molecule has 2 heterocycles. The Balaban J connectivity index is 2.89. The number of nitrogens with one attached hydrogen (secondary N) is 1. The number of hydrogen-bond acceptors (Lipinski definition) is 2. The maximum atomic E-state index is 5.32. The van der Waals surface area contributed by atoms with Gasteiger partial charge in [0.2, 0.25) is 0 Å². The molecule has 1 N–H and O–H groups in total. The molecular formula is C10H16N4S. The van der Waals surface area contributed by atoms with Crippen molar-refractivity contribution in [3.63, 3.8) is 0 Å². The summed E-state index contributed by atoms with van der Waals surface area (Å²) in [5, 5.41) is 4.47. The Bertz CT molecular complexity index is 544. The second kappa shape index (κ2) is 3.48. The summed E-state index contributed by atoms with van der Waals surface area (Å²) in [5.41, 5.74) is 3.18. The lowest BCUT2D eigenvalue weighted by Gasteiger charge is -2.09. The van der Waals surface area contributed by atoms with Gasteiger partial charge in [-0.05, 0) is 39.9 Å². The molecular weight excluding hydrogens is 208 g/mol. The molecule has 0 spiro atoms. The maximum Gasteiger partial charge on any atom is 0.179 e. The van der Waals surface area contributed by atoms with E-state index in [2.05, 4.69) is 35.4 Å². The van der Waals surface area contributed by atoms with Crippen molar-refractivity contribution in [3.05, 3.63) is 10.5 Å². The maximum absolute atomic E-state index is 5.32. The molecule has 0 aromatic carbocycles. The van der Waals surface area contributed by atoms with Crippen molar-refractivity contribution in [1.29, 1.82) is 0 Å². The highest BCUT2D eigenvalue weighted by atomic mass is 32.1. The van der Waals surface area contributed by atoms with E-state index < -0.39 is 0 Å². The zero-order valence-corrected chi connectivity index (χ0v) is 10.4. The molecule has 0 atom stereocenters. The van der Waals surface area contributed by atoms with E-state index >= 15 is 0 Å². The zero-order chi connectivity index (χ0) is 11.2. The summed E-state index contributed by atoms with van der Waals surface area (Å²) in [6.07, 6.45) is 0. The second-order valence-corrected chi connectivity index (χ2v) is 4.38. The molecule has 0 aliphatic carbocycles. The fourth-order valence-corrected chi connectivity index (χ4v) is 2.32. The highest BCUT2D eigenvalue weighted by Gasteiger charge is 2.15. The number of hydrogen-bond donors (Lipinski definition) is 1. The van der Waals surface area contributed by atoms with Gasteiger partial charge in [0.15, 0.2) is 10.4 Å². The number of aromatic amines is 1. The van der Waals surface area contributed by atoms with Gasteiger partial charge in [0, 0.05) is 12.6 Å². The van der Waals surface area contributed by atoms with Crippen LogP contribution in [-0.2, 0) is 6.54 Å². The average Bonchev–Trinajstić information content (AvgIpc) is 2.63. The topological polar surface area (TPSA) is 38.5 Å². The van der Waals surface area contributed by atoms with E-state index in [0.717, 1.165) is 28.2 Å². The Labute approximate surface area is 93.9 Å². The van der Waals surface area contributed by atoms with Crippen molar-refractivity contribution in [2.75, 3.05) is 0 Å². The molecule has 0 saturated carbocycles. The standard InChI is InChI=1S/C10H16N4S/c1-5-13-9-8(7(4)12-13)11-10(15)14(9)6(2)3/h6H,5H2,1-4H3,(H,11,15). The first-order valence-electron chi connectivity index (χ1n) is 5.23. The lowest BCUT2D eigenvalue weighted by molar-refractivity contribution is 0.572. The molecule has 5 heteroatoms. The van der Waals surface area contributed by atoms with Crippen molar-refractivity contribution >= 4 is 23.4 Å². The smallest absolute Gasteiger partial charge is 0.179 e. The number of aryl methyl sites for hydroxylation is 2. The third-order valence-electron chi connectivity index (χ3n) is 2.60. The Kier molecular flexibility index (Phi) is 2.42. The van der Waals surface area contributed by atoms with E-state index in [1.54, 1.807) is 0 Å². The van der Waals surface area contributed by atoms with Crippen LogP contribution in [0, 0.1) is 11.7 Å². The fraction of sp³-hybridized carbons (Fsp3) is 0.600. The third kappa shape index (κ3) is 1.42. The Hall–Kier alpha value is -1.10. The summed E-state index contributed by atoms with van der Waals surface area (Å²) >= 11 is 5.32. The number of fused-ring (bicyclic) bond motifs is 1. The van der Waals surface area contributed by atoms with Crippen LogP contribution < -0.4 is 0 Å². The van der Waals surface area contributed by atoms with Gasteiger partial charge in [-0.2, -0.15) is 5.10 Å². The predicted octanol–water partition coefficient (Wildman–Crippen LogP) is 2.80. The van der Waals surface area contributed by atoms with Crippen LogP contribution in [0.2, 0.25) is 0 Å². The summed E-state index contributed by atoms with van der Waals surface area (Å²) in [4.78, 5) is 3.23. The second-order valence-electron chi connectivity index (χ2n) is 3.99. The fourth-order valence-electron chi connectivity index (χ4n) is 1.92. The summed E-state index contributed by atoms with van der Waals surface area (Å²) in [6, 6.07) is 0.354. The van der Waals surface area contributed by atoms with Gasteiger partial charge in [0.25, 0.3) is 0 Å². The normalized spacial score (nSPS) is 11.8. The molecule has 0 amide bonds. The molecule has 0 saturated heterocycles. The van der Waals surface area contributed by atoms with Crippen LogP contribution in [0.5, 0.6) is 0 Å². The number of nitrogens with zero attached hydrogens (tertiary/aromatic N) is 3. The summed E-state index contributed by atoms with van der Waals surface area (Å²) < 4.78 is 4.90. The van der Waals surface area contributed by atoms with Crippen molar-refractivity contribution < 1.29 is 0 Å². The molecule has 4 nitrogen and oxygen atoms in total. The van der Waals surface area contributed by atoms with Crippen LogP contribution in [0.25, 0.3) is 11.2 Å². The van der Waals surface area contributed by atoms with Gasteiger partial charge in [-0.3, -0.25) is 4.57 Å². The Morgan fingerprint density at radius 3 is 2.67 bits per heavy atom. The minimum Gasteiger partial charge on any atom is -0.328 e. The number of imidazole rings is 1. The van der Waals surface area contributed by atoms with E-state index in [0.29, 0.717) is 6.04 Å². The van der Waals surface area contributed by atoms with Gasteiger partial charge in [0.05, 0.1) is 5.69 Å². The van der Waals surface area contributed by atoms with Crippen molar-refractivity contribution in [1.82, 2.24) is 19.3 Å². The lowest BCUT2D eigenvalue weighted by atomic mass is 10.4. The molecule has 2 aromatic heterocycles. The number of H-pyrrole nitrogens is 1. The minimum absolute atomic E-state index is 0.354. The Morgan fingerprint density at radius 1 is 1.47 bits per heavy atom. The van der Waals surface area contributed by atoms with E-state index in [1.165, 1.54) is 0 Å². The van der Waals surface area contributed by atoms with Gasteiger partial charge in [-0.15, -0.1) is 0 Å². The molecule has 2 rings (SSSR count). The number of rotatable bonds is 2. The van der Waals surface area contributed by atoms with Gasteiger partial charge in [-0.1, -0.05) is 0 Å². The van der Waals surface area contributed by atoms with E-state index in [9.17, 15) is 0 Å². The van der Waals surface area contributed by atoms with Crippen LogP contribution >= 0.6 is 12.2 Å². The lowest BCUT2D eigenvalue weighted by Crippen LogP contribution is -2.06. The quantitative estimate of drug-likeness (QED) is 0.797. The van der Waals surface area contributed by atoms with Gasteiger partial charge in [-0.25, -0.2) is 4.68 Å². The van der Waals surface area contributed by atoms with Crippen LogP contribution in [0.1, 0.15) is 32.5 Å². The molecule has 0 fully saturated rings. The van der Waals surface area contributed by atoms with Crippen molar-refractivity contribution in [3.8, 4) is 0 Å². The number of aromatic nitrogens is 4. The molecule has 0 unspecified atom stereocenters. The SMILES string of the molecule is CCn1nc(C)c2[nH]c(=S)n(C(C)C)c21. The summed E-state index contributed by atoms with van der Waals surface area (Å²) in [7, 11) is 0. The van der Waals surface area contributed by atoms with Crippen molar-refractivity contribution in [2.45, 2.75) is 40.3 Å². The predicted molar refractivity (Wildman–Crippen MR) is 63.7 cm³/mol. The first-order chi connectivity index (χ1) is 7.06. The highest BCUT2D eigenvalue weighted by Crippen LogP contribution is 2.21. The zero-order valence-electron chi connectivity index (χ0n) is 9.53. The summed E-state index contributed by atoms with van der Waals surface area (Å²) in [5.74, 6) is 0. The van der Waals surface area contributed by atoms with Gasteiger partial charge < -0.3 is 4.98 Å². The first-order valence-corrected chi connectivity index (χ1v) is 5.64. The van der Waals surface area contributed by atoms with Crippen LogP contribution in [0.15, 0.2) is 0 Å². The van der Waals surface area contributed by atoms with Crippen LogP contribution in [0.4, 0.5) is 0 Å². The van der Waals surface area contributed by atoms with Crippen molar-refractivity contribution in [2.24, 2.45) is 0 Å². The first kappa shape index (κ1) is 10.4. The minimum atomic E-state index is 0.354. The third-order valence-corrected chi connectivity index (χ3v) is 2.89. The van der Waals surface area contributed by atoms with Crippen LogP contribution in [-0.4, -0.2) is 19.3 Å². The average molecular weight is 224 g/mol. The van der Waals surface area contributed by atoms with E-state index in [-0.39, 0.29) is 0 Å². The largest absolute Gasteiger partial charge is 0.328 e. The highest BCUT2D eigenvalue weighted by molar-refractivity contribution is 7.71. The van der Waals surface area contributed by atoms with Crippen LogP contribution in [0.3, 0.4) is 0 Å². The molecule has 0 aliphatic heterocycles. The monoisotopic (exact) mass is 224 g/mol. The van der Waals surface area contributed by atoms with E-state index in [4.69, 9.17) is 12.2 Å². The van der Waals surface area contributed by atoms with E-state index in [1.807, 2.05) is 11.6 Å². The molecule has 0 bridgehead atoms. The molecule has 15 heavy (non-hydrogen) atoms. The van der Waals surface area contributed by atoms with Gasteiger partial charge in [0.1, 0.15) is 5.52 Å². The molecule has 2 aromatic rings. The Morgan fingerprint density at radius 2 is 2.13 bits per heavy atom. The van der Waals surface area contributed by atoms with Gasteiger partial charge >= 0.3 is 0 Å². The molecule has 0 aliphatic rings. The molecule has 0 radical (unpaired) electrons.